The Kier molecular flexibility index (Phi) is 3.78. The monoisotopic (exact) mass is 392 g/mol. The summed E-state index contributed by atoms with van der Waals surface area (Å²) >= 11 is 3.47. The molecule has 4 rings (SSSR count). The summed E-state index contributed by atoms with van der Waals surface area (Å²) in [4.78, 5) is 25.7. The van der Waals surface area contributed by atoms with Crippen molar-refractivity contribution in [1.82, 2.24) is 4.57 Å². The molecule has 1 aliphatic carbocycles. The van der Waals surface area contributed by atoms with Crippen LogP contribution in [-0.4, -0.2) is 16.3 Å². The molecule has 0 radical (unpaired) electrons. The number of carbonyl (C=O) groups excluding carboxylic acids is 2. The van der Waals surface area contributed by atoms with Crippen molar-refractivity contribution in [3.8, 4) is 6.07 Å². The molecule has 0 amide bonds. The summed E-state index contributed by atoms with van der Waals surface area (Å²) in [6.45, 7) is 0. The van der Waals surface area contributed by atoms with Gasteiger partial charge in [0, 0.05) is 21.8 Å². The van der Waals surface area contributed by atoms with Crippen molar-refractivity contribution in [1.29, 1.82) is 5.26 Å². The Labute approximate surface area is 152 Å². The zero-order valence-electron chi connectivity index (χ0n) is 13.3. The number of halogens is 1. The first-order valence-corrected chi connectivity index (χ1v) is 8.80. The third-order valence-corrected chi connectivity index (χ3v) is 5.09. The van der Waals surface area contributed by atoms with Crippen molar-refractivity contribution in [2.45, 2.75) is 19.3 Å². The van der Waals surface area contributed by atoms with E-state index in [9.17, 15) is 9.59 Å². The number of ketones is 1. The average Bonchev–Trinajstić information content (AvgIpc) is 2.96. The van der Waals surface area contributed by atoms with Gasteiger partial charge in [-0.3, -0.25) is 14.2 Å². The van der Waals surface area contributed by atoms with Crippen LogP contribution in [0.5, 0.6) is 0 Å². The Balaban J connectivity index is 1.97. The lowest BCUT2D eigenvalue weighted by atomic mass is 9.94. The molecule has 1 aromatic heterocycles. The van der Waals surface area contributed by atoms with E-state index in [0.29, 0.717) is 23.2 Å². The quantitative estimate of drug-likeness (QED) is 0.612. The van der Waals surface area contributed by atoms with E-state index in [0.717, 1.165) is 33.8 Å². The highest BCUT2D eigenvalue weighted by molar-refractivity contribution is 9.10. The van der Waals surface area contributed by atoms with Crippen LogP contribution in [-0.2, 0) is 6.42 Å². The Morgan fingerprint density at radius 1 is 1.12 bits per heavy atom. The molecule has 0 aliphatic heterocycles. The molecule has 1 aliphatic rings. The molecule has 0 saturated heterocycles. The van der Waals surface area contributed by atoms with Crippen molar-refractivity contribution in [3.63, 3.8) is 0 Å². The van der Waals surface area contributed by atoms with Crippen LogP contribution in [0.1, 0.15) is 44.8 Å². The van der Waals surface area contributed by atoms with E-state index >= 15 is 0 Å². The molecule has 0 N–H and O–H groups in total. The number of fused-ring (bicyclic) bond motifs is 3. The lowest BCUT2D eigenvalue weighted by Crippen LogP contribution is -2.21. The maximum Gasteiger partial charge on any atom is 0.262 e. The summed E-state index contributed by atoms with van der Waals surface area (Å²) in [5, 5.41) is 9.87. The molecule has 25 heavy (non-hydrogen) atoms. The third-order valence-electron chi connectivity index (χ3n) is 4.59. The van der Waals surface area contributed by atoms with Crippen LogP contribution in [0.4, 0.5) is 0 Å². The minimum absolute atomic E-state index is 0.00978. The highest BCUT2D eigenvalue weighted by Gasteiger charge is 2.29. The third kappa shape index (κ3) is 2.50. The van der Waals surface area contributed by atoms with Gasteiger partial charge in [0.25, 0.3) is 5.91 Å². The second-order valence-corrected chi connectivity index (χ2v) is 7.01. The van der Waals surface area contributed by atoms with Crippen LogP contribution in [0, 0.1) is 11.3 Å². The smallest absolute Gasteiger partial charge is 0.262 e. The first kappa shape index (κ1) is 15.8. The molecule has 0 fully saturated rings. The molecular weight excluding hydrogens is 380 g/mol. The van der Waals surface area contributed by atoms with Gasteiger partial charge in [-0.2, -0.15) is 5.26 Å². The highest BCUT2D eigenvalue weighted by Crippen LogP contribution is 2.34. The van der Waals surface area contributed by atoms with Gasteiger partial charge in [-0.15, -0.1) is 0 Å². The van der Waals surface area contributed by atoms with Crippen molar-refractivity contribution >= 4 is 38.5 Å². The van der Waals surface area contributed by atoms with E-state index in [-0.39, 0.29) is 11.7 Å². The molecule has 0 unspecified atom stereocenters. The molecule has 4 nitrogen and oxygen atoms in total. The van der Waals surface area contributed by atoms with E-state index in [1.807, 2.05) is 24.3 Å². The van der Waals surface area contributed by atoms with Gasteiger partial charge in [0.1, 0.15) is 0 Å². The number of benzene rings is 2. The van der Waals surface area contributed by atoms with Gasteiger partial charge in [0.15, 0.2) is 5.78 Å². The molecule has 5 heteroatoms. The number of carbonyl (C=O) groups is 2. The molecule has 0 atom stereocenters. The van der Waals surface area contributed by atoms with Crippen LogP contribution < -0.4 is 0 Å². The normalized spacial score (nSPS) is 13.5. The topological polar surface area (TPSA) is 62.9 Å². The van der Waals surface area contributed by atoms with Gasteiger partial charge >= 0.3 is 0 Å². The van der Waals surface area contributed by atoms with Crippen molar-refractivity contribution < 1.29 is 9.59 Å². The molecule has 0 bridgehead atoms. The second kappa shape index (κ2) is 5.98. The number of hydrogen-bond acceptors (Lipinski definition) is 3. The lowest BCUT2D eigenvalue weighted by molar-refractivity contribution is 0.0913. The van der Waals surface area contributed by atoms with Gasteiger partial charge in [-0.1, -0.05) is 15.9 Å². The van der Waals surface area contributed by atoms with E-state index in [2.05, 4.69) is 15.9 Å². The number of Topliss-reactive ketones (excluding diaryl/α,β-unsaturated/α-hetero) is 1. The number of aryl methyl sites for hydroxylation is 1. The largest absolute Gasteiger partial charge is 0.293 e. The maximum atomic E-state index is 13.1. The van der Waals surface area contributed by atoms with Crippen LogP contribution in [0.15, 0.2) is 46.9 Å². The van der Waals surface area contributed by atoms with E-state index in [1.165, 1.54) is 0 Å². The van der Waals surface area contributed by atoms with E-state index < -0.39 is 0 Å². The summed E-state index contributed by atoms with van der Waals surface area (Å²) < 4.78 is 2.46. The Morgan fingerprint density at radius 2 is 1.88 bits per heavy atom. The molecule has 122 valence electrons. The Bertz CT molecular complexity index is 1070. The minimum Gasteiger partial charge on any atom is -0.293 e. The summed E-state index contributed by atoms with van der Waals surface area (Å²) in [6.07, 6.45) is 2.06. The predicted octanol–water partition coefficient (Wildman–Crippen LogP) is 4.48. The zero-order chi connectivity index (χ0) is 17.6. The SMILES string of the molecule is N#Cc1ccc(C(=O)n2c3c(c4cc(Br)ccc42)CCCC3=O)cc1. The van der Waals surface area contributed by atoms with Crippen LogP contribution in [0.3, 0.4) is 0 Å². The van der Waals surface area contributed by atoms with Gasteiger partial charge in [0.05, 0.1) is 22.8 Å². The number of hydrogen-bond donors (Lipinski definition) is 0. The van der Waals surface area contributed by atoms with Crippen molar-refractivity contribution in [2.75, 3.05) is 0 Å². The van der Waals surface area contributed by atoms with E-state index in [4.69, 9.17) is 5.26 Å². The Hall–Kier alpha value is -2.71. The molecule has 0 spiro atoms. The fourth-order valence-corrected chi connectivity index (χ4v) is 3.81. The van der Waals surface area contributed by atoms with Crippen LogP contribution in [0.2, 0.25) is 0 Å². The fraction of sp³-hybridized carbons (Fsp3) is 0.150. The number of rotatable bonds is 1. The summed E-state index contributed by atoms with van der Waals surface area (Å²) in [5.74, 6) is -0.233. The predicted molar refractivity (Wildman–Crippen MR) is 97.8 cm³/mol. The first-order valence-electron chi connectivity index (χ1n) is 8.01. The maximum absolute atomic E-state index is 13.1. The molecule has 0 saturated carbocycles. The lowest BCUT2D eigenvalue weighted by Gasteiger charge is -2.14. The Morgan fingerprint density at radius 3 is 2.60 bits per heavy atom. The minimum atomic E-state index is -0.242. The van der Waals surface area contributed by atoms with Crippen LogP contribution in [0.25, 0.3) is 10.9 Å². The number of nitriles is 1. The van der Waals surface area contributed by atoms with Crippen molar-refractivity contribution in [2.24, 2.45) is 0 Å². The molecular formula is C20H13BrN2O2. The summed E-state index contributed by atoms with van der Waals surface area (Å²) in [6, 6.07) is 14.2. The van der Waals surface area contributed by atoms with Gasteiger partial charge in [-0.05, 0) is 60.9 Å². The van der Waals surface area contributed by atoms with Gasteiger partial charge in [-0.25, -0.2) is 0 Å². The highest BCUT2D eigenvalue weighted by atomic mass is 79.9. The second-order valence-electron chi connectivity index (χ2n) is 6.10. The molecule has 2 aromatic carbocycles. The average molecular weight is 393 g/mol. The summed E-state index contributed by atoms with van der Waals surface area (Å²) in [7, 11) is 0. The van der Waals surface area contributed by atoms with Crippen molar-refractivity contribution in [3.05, 3.63) is 69.3 Å². The number of nitrogens with zero attached hydrogens (tertiary/aromatic N) is 2. The summed E-state index contributed by atoms with van der Waals surface area (Å²) in [5.41, 5.74) is 3.16. The fourth-order valence-electron chi connectivity index (χ4n) is 3.45. The zero-order valence-corrected chi connectivity index (χ0v) is 14.8. The first-order chi connectivity index (χ1) is 12.1. The number of aromatic nitrogens is 1. The van der Waals surface area contributed by atoms with Gasteiger partial charge < -0.3 is 0 Å². The van der Waals surface area contributed by atoms with Gasteiger partial charge in [0.2, 0.25) is 0 Å². The molecule has 3 aromatic rings. The van der Waals surface area contributed by atoms with Crippen LogP contribution >= 0.6 is 15.9 Å². The molecule has 1 heterocycles. The standard InChI is InChI=1S/C20H13BrN2O2/c21-14-8-9-17-16(10-14)15-2-1-3-18(24)19(15)23(17)20(25)13-6-4-12(11-22)5-7-13/h4-10H,1-3H2. The van der Waals surface area contributed by atoms with E-state index in [1.54, 1.807) is 28.8 Å².